The van der Waals surface area contributed by atoms with E-state index in [4.69, 9.17) is 10.5 Å². The number of halogens is 1. The van der Waals surface area contributed by atoms with E-state index < -0.39 is 0 Å². The third-order valence-electron chi connectivity index (χ3n) is 1.41. The van der Waals surface area contributed by atoms with Crippen LogP contribution in [0.25, 0.3) is 0 Å². The van der Waals surface area contributed by atoms with Crippen LogP contribution >= 0.6 is 0 Å². The summed E-state index contributed by atoms with van der Waals surface area (Å²) >= 11 is 0. The number of rotatable bonds is 4. The maximum Gasteiger partial charge on any atom is 0.145 e. The molecule has 78 valence electrons. The van der Waals surface area contributed by atoms with Gasteiger partial charge >= 0.3 is 0 Å². The maximum atomic E-state index is 8.40. The quantitative estimate of drug-likeness (QED) is 0.265. The van der Waals surface area contributed by atoms with Crippen molar-refractivity contribution in [3.8, 4) is 12.1 Å². The van der Waals surface area contributed by atoms with Crippen LogP contribution < -0.4 is 29.3 Å². The van der Waals surface area contributed by atoms with E-state index >= 15 is 0 Å². The van der Waals surface area contributed by atoms with E-state index in [2.05, 4.69) is 26.5 Å². The molecule has 0 radical (unpaired) electrons. The lowest BCUT2D eigenvalue weighted by Crippen LogP contribution is -3.00. The Morgan fingerprint density at radius 2 is 1.79 bits per heavy atom. The first kappa shape index (κ1) is 15.7. The van der Waals surface area contributed by atoms with Crippen LogP contribution in [0.1, 0.15) is 0 Å². The third kappa shape index (κ3) is 9.30. The highest BCUT2D eigenvalue weighted by Gasteiger charge is 2.04. The molecule has 0 aliphatic rings. The Hall–Kier alpha value is -0.790. The molecule has 0 atom stereocenters. The molecular weight excluding hydrogens is 291 g/mol. The van der Waals surface area contributed by atoms with Crippen molar-refractivity contribution in [3.05, 3.63) is 11.8 Å². The van der Waals surface area contributed by atoms with Gasteiger partial charge in [0.05, 0.1) is 34.2 Å². The van der Waals surface area contributed by atoms with Crippen LogP contribution in [0.4, 0.5) is 0 Å². The van der Waals surface area contributed by atoms with Crippen molar-refractivity contribution < 1.29 is 28.5 Å². The minimum atomic E-state index is 0. The molecule has 0 amide bonds. The van der Waals surface area contributed by atoms with Gasteiger partial charge in [0.15, 0.2) is 0 Å². The number of nitrogens with one attached hydrogen (secondary N) is 1. The van der Waals surface area contributed by atoms with Gasteiger partial charge in [-0.25, -0.2) is 0 Å². The molecule has 0 unspecified atom stereocenters. The monoisotopic (exact) mass is 306 g/mol. The molecule has 0 fully saturated rings. The van der Waals surface area contributed by atoms with Gasteiger partial charge in [-0.05, 0) is 0 Å². The average Bonchev–Trinajstić information content (AvgIpc) is 2.03. The molecule has 0 saturated carbocycles. The Bertz CT molecular complexity index is 248. The molecule has 0 aromatic carbocycles. The molecule has 0 saturated heterocycles. The predicted octanol–water partition coefficient (Wildman–Crippen LogP) is -2.78. The maximum absolute atomic E-state index is 8.40. The largest absolute Gasteiger partial charge is 1.00 e. The number of quaternary nitrogens is 1. The molecule has 0 heterocycles. The molecule has 0 aromatic heterocycles. The zero-order valence-corrected chi connectivity index (χ0v) is 10.9. The Balaban J connectivity index is 0. The van der Waals surface area contributed by atoms with Crippen LogP contribution in [-0.2, 0) is 0 Å². The first-order valence-corrected chi connectivity index (χ1v) is 4.04. The van der Waals surface area contributed by atoms with Crippen LogP contribution in [0.15, 0.2) is 11.8 Å². The average molecular weight is 306 g/mol. The van der Waals surface area contributed by atoms with Gasteiger partial charge < -0.3 is 33.8 Å². The number of likely N-dealkylation sites (N-methyl/N-ethyl adjacent to an activating group) is 1. The van der Waals surface area contributed by atoms with E-state index in [1.807, 2.05) is 0 Å². The van der Waals surface area contributed by atoms with Crippen molar-refractivity contribution in [2.75, 3.05) is 34.2 Å². The normalized spacial score (nSPS) is 8.93. The summed E-state index contributed by atoms with van der Waals surface area (Å²) in [5, 5.41) is 19.7. The molecule has 0 aromatic rings. The van der Waals surface area contributed by atoms with E-state index in [1.54, 1.807) is 12.1 Å². The van der Waals surface area contributed by atoms with Crippen LogP contribution in [0, 0.1) is 22.7 Å². The zero-order chi connectivity index (χ0) is 10.3. The second kappa shape index (κ2) is 7.60. The summed E-state index contributed by atoms with van der Waals surface area (Å²) in [6, 6.07) is 3.56. The molecule has 0 aliphatic heterocycles. The lowest BCUT2D eigenvalue weighted by Gasteiger charge is -2.23. The first-order valence-electron chi connectivity index (χ1n) is 4.04. The number of hydrogen-bond donors (Lipinski definition) is 1. The summed E-state index contributed by atoms with van der Waals surface area (Å²) in [5.74, 6) is 0. The fourth-order valence-electron chi connectivity index (χ4n) is 0.664. The topological polar surface area (TPSA) is 59.6 Å². The molecule has 0 bridgehead atoms. The summed E-state index contributed by atoms with van der Waals surface area (Å²) in [4.78, 5) is 0. The minimum Gasteiger partial charge on any atom is -1.00 e. The first-order chi connectivity index (χ1) is 5.99. The van der Waals surface area contributed by atoms with Crippen LogP contribution in [0.3, 0.4) is 0 Å². The molecule has 1 N–H and O–H groups in total. The van der Waals surface area contributed by atoms with Crippen LogP contribution in [0.2, 0.25) is 0 Å². The van der Waals surface area contributed by atoms with E-state index in [0.717, 1.165) is 17.6 Å². The van der Waals surface area contributed by atoms with Gasteiger partial charge in [-0.3, -0.25) is 0 Å². The van der Waals surface area contributed by atoms with Gasteiger partial charge in [-0.1, -0.05) is 0 Å². The smallest absolute Gasteiger partial charge is 0.145 e. The molecular formula is C9H15IN4. The molecule has 0 aliphatic carbocycles. The van der Waals surface area contributed by atoms with Crippen molar-refractivity contribution in [1.29, 1.82) is 10.5 Å². The van der Waals surface area contributed by atoms with Crippen molar-refractivity contribution in [2.45, 2.75) is 0 Å². The summed E-state index contributed by atoms with van der Waals surface area (Å²) in [7, 11) is 6.25. The van der Waals surface area contributed by atoms with Gasteiger partial charge in [0.1, 0.15) is 17.7 Å². The summed E-state index contributed by atoms with van der Waals surface area (Å²) < 4.78 is 0.856. The Morgan fingerprint density at radius 3 is 2.14 bits per heavy atom. The number of nitrogens with zero attached hydrogens (tertiary/aromatic N) is 3. The second-order valence-corrected chi connectivity index (χ2v) is 3.75. The molecule has 5 heteroatoms. The highest BCUT2D eigenvalue weighted by Crippen LogP contribution is 1.88. The third-order valence-corrected chi connectivity index (χ3v) is 1.41. The van der Waals surface area contributed by atoms with Crippen molar-refractivity contribution in [1.82, 2.24) is 5.32 Å². The van der Waals surface area contributed by atoms with Crippen molar-refractivity contribution in [3.63, 3.8) is 0 Å². The van der Waals surface area contributed by atoms with Gasteiger partial charge in [0.2, 0.25) is 0 Å². The summed E-state index contributed by atoms with van der Waals surface area (Å²) in [6.45, 7) is 1.71. The number of allylic oxidation sites excluding steroid dienone is 1. The van der Waals surface area contributed by atoms with E-state index in [9.17, 15) is 0 Å². The summed E-state index contributed by atoms with van der Waals surface area (Å²) in [5.41, 5.74) is 0.112. The van der Waals surface area contributed by atoms with Crippen molar-refractivity contribution in [2.24, 2.45) is 0 Å². The zero-order valence-electron chi connectivity index (χ0n) is 8.71. The Morgan fingerprint density at radius 1 is 1.29 bits per heavy atom. The van der Waals surface area contributed by atoms with Crippen LogP contribution in [0.5, 0.6) is 0 Å². The Labute approximate surface area is 102 Å². The summed E-state index contributed by atoms with van der Waals surface area (Å²) in [6.07, 6.45) is 1.45. The second-order valence-electron chi connectivity index (χ2n) is 3.75. The fraction of sp³-hybridized carbons (Fsp3) is 0.556. The van der Waals surface area contributed by atoms with Gasteiger partial charge in [0, 0.05) is 6.20 Å². The standard InChI is InChI=1S/C9H15N4.HI/c1-13(2,3)5-4-12-8-9(6-10)7-11;/h8,12H,4-5H2,1-3H3;1H/q+1;/p-1. The van der Waals surface area contributed by atoms with E-state index in [0.29, 0.717) is 0 Å². The predicted molar refractivity (Wildman–Crippen MR) is 50.2 cm³/mol. The van der Waals surface area contributed by atoms with Gasteiger partial charge in [-0.2, -0.15) is 10.5 Å². The highest BCUT2D eigenvalue weighted by atomic mass is 127. The number of nitriles is 2. The van der Waals surface area contributed by atoms with Crippen molar-refractivity contribution >= 4 is 0 Å². The molecule has 0 rings (SSSR count). The molecule has 4 nitrogen and oxygen atoms in total. The van der Waals surface area contributed by atoms with Gasteiger partial charge in [-0.15, -0.1) is 0 Å². The minimum absolute atomic E-state index is 0. The SMILES string of the molecule is C[N+](C)(C)CCNC=C(C#N)C#N.[I-]. The highest BCUT2D eigenvalue weighted by molar-refractivity contribution is 5.34. The molecule has 14 heavy (non-hydrogen) atoms. The van der Waals surface area contributed by atoms with Crippen LogP contribution in [-0.4, -0.2) is 38.7 Å². The van der Waals surface area contributed by atoms with E-state index in [1.165, 1.54) is 6.20 Å². The van der Waals surface area contributed by atoms with Gasteiger partial charge in [0.25, 0.3) is 0 Å². The fourth-order valence-corrected chi connectivity index (χ4v) is 0.664. The lowest BCUT2D eigenvalue weighted by molar-refractivity contribution is -0.869. The lowest BCUT2D eigenvalue weighted by atomic mass is 10.3. The van der Waals surface area contributed by atoms with E-state index in [-0.39, 0.29) is 29.5 Å². The number of hydrogen-bond acceptors (Lipinski definition) is 3. The molecule has 0 spiro atoms. The Kier molecular flexibility index (Phi) is 8.51.